The first kappa shape index (κ1) is 16.3. The summed E-state index contributed by atoms with van der Waals surface area (Å²) in [5, 5.41) is 11.6. The van der Waals surface area contributed by atoms with E-state index >= 15 is 0 Å². The summed E-state index contributed by atoms with van der Waals surface area (Å²) in [5.74, 6) is 0.307. The van der Waals surface area contributed by atoms with Gasteiger partial charge in [-0.25, -0.2) is 0 Å². The van der Waals surface area contributed by atoms with Gasteiger partial charge in [-0.2, -0.15) is 0 Å². The lowest BCUT2D eigenvalue weighted by atomic mass is 9.43. The lowest BCUT2D eigenvalue weighted by molar-refractivity contribution is -0.872. The zero-order valence-electron chi connectivity index (χ0n) is 15.5. The van der Waals surface area contributed by atoms with E-state index in [4.69, 9.17) is 9.39 Å². The second kappa shape index (κ2) is 4.49. The van der Waals surface area contributed by atoms with Crippen LogP contribution in [0.5, 0.6) is 0 Å². The number of hydrogen-bond donors (Lipinski definition) is 1. The standard InChI is InChI=1S/C18H28BNO5/c1-9-13-5-11(18(13,3)4)6-14(9)20-7-12(15(21)8-20)17(22)25-19(20,23)16-10(2)24-16/h9-14,16,23H,5-8H2,1-4H3/t9-,10+,11+,12?,13?,14?,16?,19+,20-/m1/s1. The van der Waals surface area contributed by atoms with Gasteiger partial charge in [0.05, 0.1) is 24.7 Å². The lowest BCUT2D eigenvalue weighted by Crippen LogP contribution is -2.81. The van der Waals surface area contributed by atoms with Gasteiger partial charge in [0.15, 0.2) is 5.92 Å². The number of carbonyl (C=O) groups is 2. The highest BCUT2D eigenvalue weighted by Gasteiger charge is 2.75. The van der Waals surface area contributed by atoms with E-state index < -0.39 is 24.6 Å². The molecule has 0 aromatic rings. The van der Waals surface area contributed by atoms with Crippen molar-refractivity contribution in [3.05, 3.63) is 0 Å². The van der Waals surface area contributed by atoms with Crippen LogP contribution in [0.3, 0.4) is 0 Å². The van der Waals surface area contributed by atoms with Crippen molar-refractivity contribution in [1.82, 2.24) is 0 Å². The molecule has 25 heavy (non-hydrogen) atoms. The van der Waals surface area contributed by atoms with Gasteiger partial charge < -0.3 is 18.8 Å². The zero-order chi connectivity index (χ0) is 17.9. The van der Waals surface area contributed by atoms with E-state index in [1.54, 1.807) is 0 Å². The first-order chi connectivity index (χ1) is 11.6. The number of epoxide rings is 1. The maximum absolute atomic E-state index is 12.6. The van der Waals surface area contributed by atoms with Gasteiger partial charge in [0.2, 0.25) is 5.78 Å². The predicted octanol–water partition coefficient (Wildman–Crippen LogP) is 0.887. The second-order valence-corrected chi connectivity index (χ2v) is 9.99. The minimum absolute atomic E-state index is 0.0678. The van der Waals surface area contributed by atoms with Gasteiger partial charge in [-0.05, 0) is 37.0 Å². The number of quaternary nitrogens is 1. The SMILES string of the molecule is C[C@@H]1C2C[C@@H](CC1[N@+]13CC(=O)C(C1)C(=O)O[B@@-]3(O)C1O[C@H]1C)C2(C)C. The van der Waals surface area contributed by atoms with E-state index in [9.17, 15) is 14.6 Å². The van der Waals surface area contributed by atoms with Gasteiger partial charge in [0, 0.05) is 5.92 Å². The molecule has 4 bridgehead atoms. The lowest BCUT2D eigenvalue weighted by Gasteiger charge is -2.69. The smallest absolute Gasteiger partial charge is 0.556 e. The fraction of sp³-hybridized carbons (Fsp3) is 0.889. The average molecular weight is 349 g/mol. The molecule has 0 radical (unpaired) electrons. The summed E-state index contributed by atoms with van der Waals surface area (Å²) in [5.41, 5.74) is 0.332. The molecule has 9 atom stereocenters. The van der Waals surface area contributed by atoms with E-state index in [2.05, 4.69) is 20.8 Å². The van der Waals surface area contributed by atoms with Crippen LogP contribution >= 0.6 is 0 Å². The van der Waals surface area contributed by atoms with Crippen LogP contribution < -0.4 is 0 Å². The van der Waals surface area contributed by atoms with E-state index in [0.29, 0.717) is 29.7 Å². The molecule has 3 heterocycles. The van der Waals surface area contributed by atoms with Crippen LogP contribution in [0.1, 0.15) is 40.5 Å². The molecule has 0 aromatic carbocycles. The average Bonchev–Trinajstić information content (AvgIpc) is 3.17. The maximum atomic E-state index is 12.6. The van der Waals surface area contributed by atoms with Crippen molar-refractivity contribution in [3.63, 3.8) is 0 Å². The van der Waals surface area contributed by atoms with Crippen molar-refractivity contribution >= 4 is 18.4 Å². The van der Waals surface area contributed by atoms with E-state index in [1.807, 2.05) is 6.92 Å². The molecular weight excluding hydrogens is 321 g/mol. The monoisotopic (exact) mass is 349 g/mol. The van der Waals surface area contributed by atoms with Crippen LogP contribution in [0.2, 0.25) is 0 Å². The minimum Gasteiger partial charge on any atom is -0.613 e. The van der Waals surface area contributed by atoms with Crippen molar-refractivity contribution in [2.45, 2.75) is 58.7 Å². The van der Waals surface area contributed by atoms with Crippen LogP contribution in [0, 0.1) is 29.1 Å². The number of nitrogens with zero attached hydrogens (tertiary/aromatic N) is 1. The third-order valence-electron chi connectivity index (χ3n) is 8.83. The Bertz CT molecular complexity index is 682. The molecular formula is C18H28BNO5. The van der Waals surface area contributed by atoms with Gasteiger partial charge in [-0.15, -0.1) is 0 Å². The van der Waals surface area contributed by atoms with Crippen molar-refractivity contribution < 1.29 is 28.4 Å². The molecule has 0 aromatic heterocycles. The fourth-order valence-electron chi connectivity index (χ4n) is 7.10. The van der Waals surface area contributed by atoms with Crippen LogP contribution in [0.4, 0.5) is 0 Å². The Hall–Kier alpha value is -0.915. The molecule has 0 spiro atoms. The molecule has 7 heteroatoms. The second-order valence-electron chi connectivity index (χ2n) is 9.99. The highest BCUT2D eigenvalue weighted by atomic mass is 16.7. The van der Waals surface area contributed by atoms with Gasteiger partial charge >= 0.3 is 6.69 Å². The Morgan fingerprint density at radius 3 is 2.48 bits per heavy atom. The summed E-state index contributed by atoms with van der Waals surface area (Å²) in [7, 11) is 0. The molecule has 138 valence electrons. The van der Waals surface area contributed by atoms with Gasteiger partial charge in [-0.1, -0.05) is 20.8 Å². The normalized spacial score (nSPS) is 58.5. The third kappa shape index (κ3) is 1.73. The van der Waals surface area contributed by atoms with E-state index in [-0.39, 0.29) is 28.9 Å². The van der Waals surface area contributed by atoms with Gasteiger partial charge in [-0.3, -0.25) is 9.59 Å². The van der Waals surface area contributed by atoms with Crippen molar-refractivity contribution in [3.8, 4) is 0 Å². The molecule has 6 nitrogen and oxygen atoms in total. The Morgan fingerprint density at radius 2 is 1.92 bits per heavy atom. The number of hydrogen-bond acceptors (Lipinski definition) is 5. The van der Waals surface area contributed by atoms with E-state index in [0.717, 1.165) is 6.42 Å². The number of rotatable bonds is 2. The molecule has 1 N–H and O–H groups in total. The molecule has 0 amide bonds. The number of ketones is 1. The zero-order valence-corrected chi connectivity index (χ0v) is 15.5. The Kier molecular flexibility index (Phi) is 2.92. The van der Waals surface area contributed by atoms with Crippen molar-refractivity contribution in [2.24, 2.45) is 29.1 Å². The molecule has 6 aliphatic rings. The summed E-state index contributed by atoms with van der Waals surface area (Å²) in [6, 6.07) is -0.297. The summed E-state index contributed by atoms with van der Waals surface area (Å²) in [6.45, 7) is 6.92. The Balaban J connectivity index is 1.58. The van der Waals surface area contributed by atoms with Crippen LogP contribution in [0.15, 0.2) is 0 Å². The number of ether oxygens (including phenoxy) is 1. The number of carbonyl (C=O) groups excluding carboxylic acids is 2. The van der Waals surface area contributed by atoms with Gasteiger partial charge in [0.1, 0.15) is 6.54 Å². The maximum Gasteiger partial charge on any atom is 0.556 e. The topological polar surface area (TPSA) is 76.1 Å². The highest BCUT2D eigenvalue weighted by molar-refractivity contribution is 6.64. The highest BCUT2D eigenvalue weighted by Crippen LogP contribution is 2.64. The van der Waals surface area contributed by atoms with Crippen LogP contribution in [-0.4, -0.2) is 59.1 Å². The predicted molar refractivity (Wildman–Crippen MR) is 89.8 cm³/mol. The number of Topliss-reactive ketones (excluding diaryl/α,β-unsaturated/α-hetero) is 1. The van der Waals surface area contributed by atoms with Crippen molar-refractivity contribution in [2.75, 3.05) is 13.1 Å². The number of fused-ring (bicyclic) bond motifs is 5. The van der Waals surface area contributed by atoms with E-state index in [1.165, 1.54) is 6.42 Å². The molecule has 4 unspecified atom stereocenters. The largest absolute Gasteiger partial charge is 0.613 e. The Labute approximate surface area is 148 Å². The van der Waals surface area contributed by atoms with Gasteiger partial charge in [0.25, 0.3) is 5.97 Å². The molecule has 3 saturated heterocycles. The summed E-state index contributed by atoms with van der Waals surface area (Å²) < 4.78 is 11.5. The molecule has 6 rings (SSSR count). The van der Waals surface area contributed by atoms with Crippen molar-refractivity contribution in [1.29, 1.82) is 0 Å². The quantitative estimate of drug-likeness (QED) is 0.455. The summed E-state index contributed by atoms with van der Waals surface area (Å²) >= 11 is 0. The molecule has 3 saturated carbocycles. The molecule has 6 fully saturated rings. The summed E-state index contributed by atoms with van der Waals surface area (Å²) in [6.07, 6.45) is 2.11. The van der Waals surface area contributed by atoms with Crippen LogP contribution in [-0.2, 0) is 19.0 Å². The molecule has 3 aliphatic carbocycles. The summed E-state index contributed by atoms with van der Waals surface area (Å²) in [4.78, 5) is 24.9. The van der Waals surface area contributed by atoms with Crippen LogP contribution in [0.25, 0.3) is 0 Å². The first-order valence-corrected chi connectivity index (χ1v) is 9.76. The third-order valence-corrected chi connectivity index (χ3v) is 8.83. The Morgan fingerprint density at radius 1 is 1.24 bits per heavy atom. The first-order valence-electron chi connectivity index (χ1n) is 9.76. The minimum atomic E-state index is -2.54. The molecule has 3 aliphatic heterocycles. The fourth-order valence-corrected chi connectivity index (χ4v) is 7.10.